The van der Waals surface area contributed by atoms with Crippen LogP contribution in [0.15, 0.2) is 42.9 Å². The first-order chi connectivity index (χ1) is 30.8. The molecule has 4 atom stereocenters. The van der Waals surface area contributed by atoms with Crippen LogP contribution in [0.25, 0.3) is 5.65 Å². The highest BCUT2D eigenvalue weighted by Gasteiger charge is 2.46. The maximum Gasteiger partial charge on any atom is 0.286 e. The van der Waals surface area contributed by atoms with E-state index in [-0.39, 0.29) is 72.8 Å². The minimum absolute atomic E-state index is 0.0556. The summed E-state index contributed by atoms with van der Waals surface area (Å²) >= 11 is 0. The number of piperidine rings is 2. The van der Waals surface area contributed by atoms with Gasteiger partial charge in [-0.05, 0) is 63.0 Å². The molecule has 4 N–H and O–H groups in total. The number of morpholine rings is 1. The Kier molecular flexibility index (Phi) is 12.1. The number of benzene rings is 1. The second kappa shape index (κ2) is 17.9. The molecular weight excluding hydrogens is 839 g/mol. The molecule has 7 heterocycles. The van der Waals surface area contributed by atoms with Gasteiger partial charge < -0.3 is 30.4 Å². The standard InChI is InChI=1S/C44H49F4N11O5/c1-50-38-26(4-2-6-30(38)37(49)31-11-12-36(60)54-42(31)61)5-3-17-63-34-13-15-56(24-44(34,47)48)20-25-7-9-27(10-8-25)59-22-33(39(55-59)40(45)46)52-43(62)32-19-51-58-16-14-35(53-41(32)58)57-21-29-18-28(57)23-64-29/h2,4,6,14,16,19,22,25,27-29,31,34,40,49-50H,7-13,15,17-18,20-21,23-24H2,1H3,(H,52,62)(H,54,60,61)/t25?,27?,28-,29-,31?,34+/m1/s1. The molecule has 2 bridgehead atoms. The van der Waals surface area contributed by atoms with E-state index in [1.54, 1.807) is 36.3 Å². The minimum atomic E-state index is -3.11. The molecule has 1 aliphatic carbocycles. The van der Waals surface area contributed by atoms with Gasteiger partial charge in [0.25, 0.3) is 18.3 Å². The Balaban J connectivity index is 0.761. The number of imide groups is 1. The van der Waals surface area contributed by atoms with Crippen molar-refractivity contribution in [2.24, 2.45) is 11.8 Å². The second-order valence-electron chi connectivity index (χ2n) is 17.2. The molecule has 4 aliphatic heterocycles. The second-order valence-corrected chi connectivity index (χ2v) is 17.2. The SMILES string of the molecule is CNc1c(C#CCO[C@H]2CCN(CC3CCC(n4cc(NC(=O)c5cnn6ccc(N7C[C@H]8C[C@@H]7CO8)nc56)c(C(F)F)n4)CC3)CC2(F)F)cccc1C(=N)C1CCC(=O)NC1=O. The summed E-state index contributed by atoms with van der Waals surface area (Å²) < 4.78 is 73.8. The highest BCUT2D eigenvalue weighted by molar-refractivity contribution is 6.18. The average molecular weight is 888 g/mol. The molecular formula is C44H49F4N11O5. The number of carbonyl (C=O) groups is 3. The summed E-state index contributed by atoms with van der Waals surface area (Å²) in [6.07, 6.45) is 4.43. The number of para-hydroxylation sites is 1. The number of hydrogen-bond acceptors (Lipinski definition) is 12. The van der Waals surface area contributed by atoms with Crippen molar-refractivity contribution in [3.63, 3.8) is 0 Å². The summed E-state index contributed by atoms with van der Waals surface area (Å²) in [5, 5.41) is 25.1. The van der Waals surface area contributed by atoms with Crippen LogP contribution in [0.5, 0.6) is 0 Å². The Labute approximate surface area is 365 Å². The van der Waals surface area contributed by atoms with Crippen molar-refractivity contribution in [2.45, 2.75) is 88.0 Å². The summed E-state index contributed by atoms with van der Waals surface area (Å²) in [7, 11) is 1.66. The van der Waals surface area contributed by atoms with Gasteiger partial charge in [0.1, 0.15) is 24.1 Å². The number of fused-ring (bicyclic) bond motifs is 3. The normalized spacial score (nSPS) is 25.6. The van der Waals surface area contributed by atoms with Crippen LogP contribution < -0.4 is 20.9 Å². The highest BCUT2D eigenvalue weighted by Crippen LogP contribution is 2.38. The summed E-state index contributed by atoms with van der Waals surface area (Å²) in [5.41, 5.74) is 1.36. The van der Waals surface area contributed by atoms with Crippen molar-refractivity contribution in [1.82, 2.24) is 34.6 Å². The van der Waals surface area contributed by atoms with E-state index in [9.17, 15) is 23.2 Å². The van der Waals surface area contributed by atoms with E-state index in [2.05, 4.69) is 42.9 Å². The number of hydrogen-bond donors (Lipinski definition) is 4. The Hall–Kier alpha value is -5.91. The zero-order valence-corrected chi connectivity index (χ0v) is 35.2. The number of halogens is 4. The number of likely N-dealkylation sites (tertiary alicyclic amines) is 1. The molecule has 5 aliphatic rings. The van der Waals surface area contributed by atoms with E-state index in [4.69, 9.17) is 19.9 Å². The predicted molar refractivity (Wildman–Crippen MR) is 226 cm³/mol. The molecule has 20 heteroatoms. The van der Waals surface area contributed by atoms with E-state index in [1.165, 1.54) is 21.6 Å². The van der Waals surface area contributed by atoms with Crippen LogP contribution in [0.2, 0.25) is 0 Å². The third kappa shape index (κ3) is 8.80. The summed E-state index contributed by atoms with van der Waals surface area (Å²) in [6.45, 7) is 1.51. The van der Waals surface area contributed by atoms with E-state index in [0.29, 0.717) is 80.2 Å². The lowest BCUT2D eigenvalue weighted by molar-refractivity contribution is -0.169. The number of alkyl halides is 4. The molecule has 0 radical (unpaired) electrons. The van der Waals surface area contributed by atoms with Gasteiger partial charge in [0.15, 0.2) is 11.3 Å². The molecule has 1 aromatic carbocycles. The third-order valence-corrected chi connectivity index (χ3v) is 13.1. The first-order valence-electron chi connectivity index (χ1n) is 21.7. The van der Waals surface area contributed by atoms with Crippen molar-refractivity contribution >= 4 is 46.3 Å². The van der Waals surface area contributed by atoms with Crippen LogP contribution in [-0.4, -0.2) is 123 Å². The van der Waals surface area contributed by atoms with Crippen LogP contribution in [0, 0.1) is 29.1 Å². The molecule has 4 saturated heterocycles. The number of nitrogens with one attached hydrogen (secondary N) is 4. The van der Waals surface area contributed by atoms with Gasteiger partial charge in [-0.25, -0.2) is 27.1 Å². The number of anilines is 3. The molecule has 3 aromatic heterocycles. The maximum atomic E-state index is 15.5. The fourth-order valence-corrected chi connectivity index (χ4v) is 9.79. The Morgan fingerprint density at radius 1 is 1.11 bits per heavy atom. The first-order valence-corrected chi connectivity index (χ1v) is 21.7. The lowest BCUT2D eigenvalue weighted by atomic mass is 9.85. The van der Waals surface area contributed by atoms with Gasteiger partial charge in [0.05, 0.1) is 60.5 Å². The number of rotatable bonds is 12. The fourth-order valence-electron chi connectivity index (χ4n) is 9.79. The molecule has 0 spiro atoms. The van der Waals surface area contributed by atoms with Gasteiger partial charge in [-0.15, -0.1) is 0 Å². The molecule has 64 heavy (non-hydrogen) atoms. The Bertz CT molecular complexity index is 2510. The molecule has 16 nitrogen and oxygen atoms in total. The summed E-state index contributed by atoms with van der Waals surface area (Å²) in [4.78, 5) is 46.1. The summed E-state index contributed by atoms with van der Waals surface area (Å²) in [6, 6.07) is 6.95. The molecule has 4 aromatic rings. The number of amides is 3. The highest BCUT2D eigenvalue weighted by atomic mass is 19.3. The maximum absolute atomic E-state index is 15.5. The van der Waals surface area contributed by atoms with Crippen molar-refractivity contribution < 1.29 is 41.4 Å². The number of carbonyl (C=O) groups excluding carboxylic acids is 3. The van der Waals surface area contributed by atoms with Crippen LogP contribution in [0.4, 0.5) is 34.8 Å². The van der Waals surface area contributed by atoms with E-state index in [0.717, 1.165) is 6.42 Å². The van der Waals surface area contributed by atoms with Gasteiger partial charge in [-0.1, -0.05) is 24.0 Å². The average Bonchev–Trinajstić information content (AvgIpc) is 4.10. The van der Waals surface area contributed by atoms with Crippen molar-refractivity contribution in [2.75, 3.05) is 62.0 Å². The van der Waals surface area contributed by atoms with Crippen molar-refractivity contribution in [1.29, 1.82) is 5.41 Å². The third-order valence-electron chi connectivity index (χ3n) is 13.1. The molecule has 338 valence electrons. The molecule has 1 saturated carbocycles. The van der Waals surface area contributed by atoms with Gasteiger partial charge >= 0.3 is 0 Å². The fraction of sp³-hybridized carbons (Fsp3) is 0.523. The first kappa shape index (κ1) is 43.3. The smallest absolute Gasteiger partial charge is 0.286 e. The zero-order chi connectivity index (χ0) is 44.7. The number of ether oxygens (including phenoxy) is 2. The minimum Gasteiger partial charge on any atom is -0.387 e. The van der Waals surface area contributed by atoms with E-state index in [1.807, 2.05) is 6.07 Å². The monoisotopic (exact) mass is 887 g/mol. The molecule has 5 fully saturated rings. The van der Waals surface area contributed by atoms with Crippen molar-refractivity contribution in [3.05, 3.63) is 65.2 Å². The van der Waals surface area contributed by atoms with Crippen LogP contribution >= 0.6 is 0 Å². The zero-order valence-electron chi connectivity index (χ0n) is 35.2. The van der Waals surface area contributed by atoms with Crippen LogP contribution in [0.3, 0.4) is 0 Å². The summed E-state index contributed by atoms with van der Waals surface area (Å²) in [5.74, 6) is 1.20. The Morgan fingerprint density at radius 2 is 1.94 bits per heavy atom. The number of nitrogens with zero attached hydrogens (tertiary/aromatic N) is 7. The molecule has 1 unspecified atom stereocenters. The van der Waals surface area contributed by atoms with Crippen LogP contribution in [-0.2, 0) is 19.1 Å². The topological polar surface area (TPSA) is 184 Å². The molecule has 9 rings (SSSR count). The Morgan fingerprint density at radius 3 is 2.66 bits per heavy atom. The van der Waals surface area contributed by atoms with Gasteiger partial charge in [-0.3, -0.25) is 29.3 Å². The number of aromatic nitrogens is 5. The van der Waals surface area contributed by atoms with Crippen molar-refractivity contribution in [3.8, 4) is 11.8 Å². The van der Waals surface area contributed by atoms with Gasteiger partial charge in [0.2, 0.25) is 11.8 Å². The lowest BCUT2D eigenvalue weighted by Crippen LogP contribution is -2.53. The van der Waals surface area contributed by atoms with Gasteiger partial charge in [0, 0.05) is 56.6 Å². The van der Waals surface area contributed by atoms with E-state index >= 15 is 8.78 Å². The van der Waals surface area contributed by atoms with E-state index < -0.39 is 48.4 Å². The quantitative estimate of drug-likeness (QED) is 0.0646. The van der Waals surface area contributed by atoms with Crippen LogP contribution in [0.1, 0.15) is 91.0 Å². The van der Waals surface area contributed by atoms with Gasteiger partial charge in [-0.2, -0.15) is 10.2 Å². The predicted octanol–water partition coefficient (Wildman–Crippen LogP) is 5.06. The molecule has 3 amide bonds. The largest absolute Gasteiger partial charge is 0.387 e. The lowest BCUT2D eigenvalue weighted by Gasteiger charge is -2.40.